The van der Waals surface area contributed by atoms with E-state index in [0.29, 0.717) is 17.6 Å². The molecule has 1 aromatic rings. The van der Waals surface area contributed by atoms with Crippen molar-refractivity contribution in [2.24, 2.45) is 17.3 Å². The number of rotatable bonds is 0. The van der Waals surface area contributed by atoms with Gasteiger partial charge in [0.25, 0.3) is 0 Å². The van der Waals surface area contributed by atoms with E-state index in [-0.39, 0.29) is 49.3 Å². The first-order valence-electron chi connectivity index (χ1n) is 8.71. The summed E-state index contributed by atoms with van der Waals surface area (Å²) in [6.45, 7) is 2.32. The van der Waals surface area contributed by atoms with Gasteiger partial charge in [0.1, 0.15) is 5.75 Å². The third-order valence-corrected chi connectivity index (χ3v) is 6.66. The first-order chi connectivity index (χ1) is 11.3. The Morgan fingerprint density at radius 1 is 1.20 bits per heavy atom. The van der Waals surface area contributed by atoms with Crippen LogP contribution in [0.5, 0.6) is 5.75 Å². The summed E-state index contributed by atoms with van der Waals surface area (Å²) >= 11 is 0. The van der Waals surface area contributed by atoms with Gasteiger partial charge in [-0.25, -0.2) is 0 Å². The van der Waals surface area contributed by atoms with Crippen LogP contribution in [0.1, 0.15) is 56.1 Å². The van der Waals surface area contributed by atoms with Crippen molar-refractivity contribution >= 4 is 43.9 Å². The quantitative estimate of drug-likeness (QED) is 0.655. The zero-order chi connectivity index (χ0) is 17.5. The van der Waals surface area contributed by atoms with E-state index in [1.165, 1.54) is 30.4 Å². The molecule has 0 spiro atoms. The first-order valence-corrected chi connectivity index (χ1v) is 8.71. The average Bonchev–Trinajstić information content (AvgIpc) is 2.82. The second-order valence-corrected chi connectivity index (χ2v) is 7.69. The van der Waals surface area contributed by atoms with Gasteiger partial charge in [0.15, 0.2) is 0 Å². The van der Waals surface area contributed by atoms with Crippen molar-refractivity contribution in [2.75, 3.05) is 0 Å². The second kappa shape index (κ2) is 8.03. The summed E-state index contributed by atoms with van der Waals surface area (Å²) in [7, 11) is 0. The van der Waals surface area contributed by atoms with E-state index in [9.17, 15) is 10.2 Å². The molecule has 25 heavy (non-hydrogen) atoms. The van der Waals surface area contributed by atoms with E-state index < -0.39 is 6.16 Å². The van der Waals surface area contributed by atoms with Crippen LogP contribution in [-0.2, 0) is 6.42 Å². The van der Waals surface area contributed by atoms with Gasteiger partial charge in [-0.15, -0.1) is 0 Å². The van der Waals surface area contributed by atoms with E-state index in [1.54, 1.807) is 0 Å². The summed E-state index contributed by atoms with van der Waals surface area (Å²) < 4.78 is 0. The van der Waals surface area contributed by atoms with E-state index in [1.807, 2.05) is 12.1 Å². The Labute approximate surface area is 178 Å². The zero-order valence-electron chi connectivity index (χ0n) is 14.6. The number of benzene rings is 1. The molecule has 4 rings (SSSR count). The van der Waals surface area contributed by atoms with Gasteiger partial charge in [-0.1, -0.05) is 13.0 Å². The summed E-state index contributed by atoms with van der Waals surface area (Å²) in [4.78, 5) is 8.33. The molecule has 3 aliphatic rings. The molecule has 0 aromatic heterocycles. The molecule has 2 saturated carbocycles. The van der Waals surface area contributed by atoms with Crippen molar-refractivity contribution < 1.29 is 25.2 Å². The number of aromatic hydroxyl groups is 1. The van der Waals surface area contributed by atoms with Gasteiger partial charge >= 0.3 is 37.7 Å². The Morgan fingerprint density at radius 2 is 1.88 bits per heavy atom. The number of aryl methyl sites for hydroxylation is 1. The normalized spacial score (nSPS) is 35.1. The Morgan fingerprint density at radius 3 is 2.56 bits per heavy atom. The van der Waals surface area contributed by atoms with E-state index in [4.69, 9.17) is 15.0 Å². The topological polar surface area (TPSA) is 104 Å². The molecule has 5 atom stereocenters. The Kier molecular flexibility index (Phi) is 6.69. The molecular weight excluding hydrogens is 348 g/mol. The molecule has 5 nitrogen and oxygen atoms in total. The summed E-state index contributed by atoms with van der Waals surface area (Å²) in [6.07, 6.45) is 4.45. The van der Waals surface area contributed by atoms with Gasteiger partial charge in [-0.3, -0.25) is 0 Å². The predicted molar refractivity (Wildman–Crippen MR) is 89.9 cm³/mol. The average molecular weight is 372 g/mol. The molecule has 0 saturated heterocycles. The van der Waals surface area contributed by atoms with Gasteiger partial charge in [0.2, 0.25) is 0 Å². The van der Waals surface area contributed by atoms with E-state index in [2.05, 4.69) is 13.0 Å². The maximum Gasteiger partial charge on any atom is 2.00 e. The molecule has 2 N–H and O–H groups in total. The van der Waals surface area contributed by atoms with Crippen LogP contribution in [0.3, 0.4) is 0 Å². The van der Waals surface area contributed by atoms with E-state index in [0.717, 1.165) is 25.2 Å². The fourth-order valence-corrected chi connectivity index (χ4v) is 5.54. The Hall–Kier alpha value is -0.490. The van der Waals surface area contributed by atoms with Crippen molar-refractivity contribution in [1.29, 1.82) is 0 Å². The number of phenolic OH excluding ortho intramolecular Hbond substituents is 1. The monoisotopic (exact) mass is 372 g/mol. The zero-order valence-corrected chi connectivity index (χ0v) is 16.8. The van der Waals surface area contributed by atoms with Crippen molar-refractivity contribution in [1.82, 2.24) is 0 Å². The number of hydrogen-bond donors (Lipinski definition) is 2. The van der Waals surface area contributed by atoms with Crippen LogP contribution in [0.15, 0.2) is 18.2 Å². The molecule has 0 radical (unpaired) electrons. The van der Waals surface area contributed by atoms with Crippen LogP contribution < -0.4 is 10.2 Å². The molecule has 0 bridgehead atoms. The third kappa shape index (κ3) is 3.94. The number of aliphatic hydroxyl groups excluding tert-OH is 1. The number of carboxylic acid groups (broad SMARTS) is 2. The molecule has 0 amide bonds. The Bertz CT molecular complexity index is 630. The van der Waals surface area contributed by atoms with Crippen molar-refractivity contribution in [3.8, 4) is 5.75 Å². The number of carbonyl (C=O) groups excluding carboxylic acids is 1. The molecule has 3 aliphatic carbocycles. The summed E-state index contributed by atoms with van der Waals surface area (Å²) in [5, 5.41) is 36.7. The molecular formula is C19H24CaO5. The summed E-state index contributed by atoms with van der Waals surface area (Å²) in [5.41, 5.74) is 2.99. The summed E-state index contributed by atoms with van der Waals surface area (Å²) in [6, 6.07) is 5.96. The van der Waals surface area contributed by atoms with Crippen molar-refractivity contribution in [3.05, 3.63) is 29.3 Å². The molecule has 132 valence electrons. The SMILES string of the molecule is C[C@]12CC[C@H]3c4ccc(O)cc4CC[C@@H]3C1CC[C@@H]2O.O=C([O-])[O-].[Ca+2]. The number of carbonyl (C=O) groups is 1. The van der Waals surface area contributed by atoms with Crippen LogP contribution in [-0.4, -0.2) is 60.2 Å². The molecule has 0 aliphatic heterocycles. The fraction of sp³-hybridized carbons (Fsp3) is 0.632. The van der Waals surface area contributed by atoms with Gasteiger partial charge in [-0.2, -0.15) is 0 Å². The molecule has 6 heteroatoms. The minimum atomic E-state index is -2.33. The van der Waals surface area contributed by atoms with Crippen LogP contribution >= 0.6 is 0 Å². The number of hydrogen-bond acceptors (Lipinski definition) is 5. The maximum absolute atomic E-state index is 10.4. The van der Waals surface area contributed by atoms with Crippen LogP contribution in [0.4, 0.5) is 4.79 Å². The standard InChI is InChI=1S/C18H24O2.CH2O3.Ca/c1-18-9-8-14-13-5-3-12(19)10-11(13)2-4-15(14)16(18)6-7-17(18)20;2-1(3)4;/h3,5,10,14-17,19-20H,2,4,6-9H2,1H3;(H2,2,3,4);/q;;+2/p-2/t14-,15-,16?,17-,18-;;/m0../s1. The number of fused-ring (bicyclic) bond motifs is 5. The second-order valence-electron chi connectivity index (χ2n) is 7.69. The maximum atomic E-state index is 10.4. The smallest absolute Gasteiger partial charge is 0.652 e. The minimum Gasteiger partial charge on any atom is -0.652 e. The first kappa shape index (κ1) is 20.8. The van der Waals surface area contributed by atoms with Gasteiger partial charge in [-0.05, 0) is 91.1 Å². The van der Waals surface area contributed by atoms with Crippen molar-refractivity contribution in [2.45, 2.75) is 57.5 Å². The number of aliphatic hydroxyl groups is 1. The van der Waals surface area contributed by atoms with Crippen LogP contribution in [0.2, 0.25) is 0 Å². The van der Waals surface area contributed by atoms with Gasteiger partial charge < -0.3 is 25.2 Å². The molecule has 1 unspecified atom stereocenters. The van der Waals surface area contributed by atoms with E-state index >= 15 is 0 Å². The minimum absolute atomic E-state index is 0. The number of phenols is 1. The molecule has 0 heterocycles. The third-order valence-electron chi connectivity index (χ3n) is 6.66. The van der Waals surface area contributed by atoms with Crippen LogP contribution in [0, 0.1) is 17.3 Å². The van der Waals surface area contributed by atoms with Gasteiger partial charge in [0, 0.05) is 0 Å². The summed E-state index contributed by atoms with van der Waals surface area (Å²) in [5.74, 6) is 2.49. The molecule has 1 aromatic carbocycles. The van der Waals surface area contributed by atoms with Crippen LogP contribution in [0.25, 0.3) is 0 Å². The molecule has 2 fully saturated rings. The van der Waals surface area contributed by atoms with Gasteiger partial charge in [0.05, 0.1) is 6.10 Å². The van der Waals surface area contributed by atoms with Crippen molar-refractivity contribution in [3.63, 3.8) is 0 Å². The predicted octanol–water partition coefficient (Wildman–Crippen LogP) is 0.781. The Balaban J connectivity index is 0.000000411. The fourth-order valence-electron chi connectivity index (χ4n) is 5.54. The largest absolute Gasteiger partial charge is 2.00 e.